The molecular weight excluding hydrogens is 953 g/mol. The van der Waals surface area contributed by atoms with Gasteiger partial charge in [0.1, 0.15) is 24.5 Å². The minimum atomic E-state index is -0.936. The summed E-state index contributed by atoms with van der Waals surface area (Å²) in [6, 6.07) is 28.7. The molecule has 0 saturated heterocycles. The Balaban J connectivity index is 0.947. The van der Waals surface area contributed by atoms with Crippen molar-refractivity contribution in [2.45, 2.75) is 104 Å². The summed E-state index contributed by atoms with van der Waals surface area (Å²) in [6.45, 7) is 22.5. The molecule has 12 heteroatoms. The number of rotatable bonds is 12. The quantitative estimate of drug-likeness (QED) is 0.0870. The Morgan fingerprint density at radius 1 is 0.553 bits per heavy atom. The fraction of sp³-hybridized carbons (Fsp3) is 0.312. The Hall–Kier alpha value is -8.12. The van der Waals surface area contributed by atoms with Crippen molar-refractivity contribution in [1.82, 2.24) is 0 Å². The highest BCUT2D eigenvalue weighted by Gasteiger charge is 2.51. The van der Waals surface area contributed by atoms with Gasteiger partial charge in [-0.1, -0.05) is 82.3 Å². The van der Waals surface area contributed by atoms with E-state index in [1.54, 1.807) is 18.2 Å². The van der Waals surface area contributed by atoms with E-state index in [2.05, 4.69) is 109 Å². The van der Waals surface area contributed by atoms with Crippen LogP contribution in [0.3, 0.4) is 0 Å². The topological polar surface area (TPSA) is 162 Å². The van der Waals surface area contributed by atoms with Crippen LogP contribution >= 0.6 is 0 Å². The van der Waals surface area contributed by atoms with Crippen molar-refractivity contribution < 1.29 is 39.2 Å². The Morgan fingerprint density at radius 3 is 1.66 bits per heavy atom. The summed E-state index contributed by atoms with van der Waals surface area (Å²) in [4.78, 5) is 56.7. The first-order valence-electron chi connectivity index (χ1n) is 26.3. The smallest absolute Gasteiger partial charge is 0.309 e. The second kappa shape index (κ2) is 17.2. The van der Waals surface area contributed by atoms with Crippen molar-refractivity contribution in [3.8, 4) is 0 Å². The number of aliphatic hydroxyl groups is 2. The van der Waals surface area contributed by atoms with Crippen LogP contribution in [0.25, 0.3) is 33.7 Å². The Labute approximate surface area is 441 Å². The van der Waals surface area contributed by atoms with Crippen LogP contribution in [0.1, 0.15) is 104 Å². The Bertz CT molecular complexity index is 4020. The first-order chi connectivity index (χ1) is 36.0. The molecule has 0 fully saturated rings. The van der Waals surface area contributed by atoms with Gasteiger partial charge in [-0.15, -0.1) is 0 Å². The van der Waals surface area contributed by atoms with E-state index in [0.29, 0.717) is 29.9 Å². The van der Waals surface area contributed by atoms with Gasteiger partial charge in [-0.05, 0) is 105 Å². The normalized spacial score (nSPS) is 19.6. The van der Waals surface area contributed by atoms with E-state index >= 15 is 0 Å². The van der Waals surface area contributed by atoms with Gasteiger partial charge in [0.05, 0.1) is 38.8 Å². The lowest BCUT2D eigenvalue weighted by molar-refractivity contribution is -0.435. The molecule has 0 spiro atoms. The summed E-state index contributed by atoms with van der Waals surface area (Å²) in [5.74, 6) is -1.93. The number of hydrogen-bond donors (Lipinski definition) is 4. The van der Waals surface area contributed by atoms with Crippen LogP contribution in [0.15, 0.2) is 141 Å². The maximum absolute atomic E-state index is 14.3. The molecule has 0 amide bonds. The van der Waals surface area contributed by atoms with Crippen LogP contribution in [-0.4, -0.2) is 79.1 Å². The van der Waals surface area contributed by atoms with Gasteiger partial charge >= 0.3 is 11.9 Å². The average molecular weight is 1020 g/mol. The number of aliphatic carboxylic acids is 2. The molecule has 0 unspecified atom stereocenters. The summed E-state index contributed by atoms with van der Waals surface area (Å²) >= 11 is 0. The molecule has 4 N–H and O–H groups in total. The molecule has 4 heterocycles. The summed E-state index contributed by atoms with van der Waals surface area (Å²) in [6.07, 6.45) is 6.93. The first kappa shape index (κ1) is 50.1. The van der Waals surface area contributed by atoms with E-state index in [9.17, 15) is 39.6 Å². The van der Waals surface area contributed by atoms with E-state index < -0.39 is 33.6 Å². The second-order valence-corrected chi connectivity index (χ2v) is 23.0. The number of aliphatic hydroxyl groups excluding tert-OH is 2. The van der Waals surface area contributed by atoms with E-state index in [-0.39, 0.29) is 58.7 Å². The minimum absolute atomic E-state index is 0.0407. The minimum Gasteiger partial charge on any atom is -0.506 e. The molecule has 0 bridgehead atoms. The number of allylic oxidation sites excluding steroid dienone is 4. The van der Waals surface area contributed by atoms with Crippen LogP contribution in [0.4, 0.5) is 22.7 Å². The van der Waals surface area contributed by atoms with Crippen molar-refractivity contribution in [2.24, 2.45) is 0 Å². The number of anilines is 2. The van der Waals surface area contributed by atoms with Crippen LogP contribution in [0, 0.1) is 0 Å². The van der Waals surface area contributed by atoms with Gasteiger partial charge < -0.3 is 30.2 Å². The third kappa shape index (κ3) is 7.08. The van der Waals surface area contributed by atoms with Crippen molar-refractivity contribution >= 4 is 79.8 Å². The number of nitrogens with zero attached hydrogens (tertiary/aromatic N) is 4. The van der Waals surface area contributed by atoms with Crippen LogP contribution in [-0.2, 0) is 31.2 Å². The fourth-order valence-electron chi connectivity index (χ4n) is 13.3. The lowest BCUT2D eigenvalue weighted by atomic mass is 9.77. The van der Waals surface area contributed by atoms with E-state index in [1.165, 1.54) is 0 Å². The molecule has 6 aromatic rings. The molecule has 6 aromatic carbocycles. The number of fused-ring (bicyclic) bond motifs is 8. The highest BCUT2D eigenvalue weighted by molar-refractivity contribution is 6.18. The van der Waals surface area contributed by atoms with Gasteiger partial charge in [-0.3, -0.25) is 19.2 Å². The largest absolute Gasteiger partial charge is 0.506 e. The standard InChI is InChI=1S/C64H62N4O8/c1-11-65-47-33-44-48(34-43(47)61(3,4)49(65)29-39-57(73)41(58(39)74)31-51-63(7,8)55-37-19-15-13-17-35(37)21-23-45(55)67(51)27-25-53(69)70)66(12-2)50(62(44,5)6)30-40-59(75)42(60(40)76)32-52-64(9,10)56-38-20-16-14-18-36(38)22-24-46(56)68(52)28-26-54(71)72/h13-24,29-34H,11-12,25-28H2,1-10H3,(H2-2,69,70,71,72,73,74)/p+2. The average Bonchev–Trinajstić information content (AvgIpc) is 4.04. The molecule has 76 heavy (non-hydrogen) atoms. The SMILES string of the molecule is CCN1C(=CC2=C(O)C(C=C3N(CCC(=O)O)c4ccc5ccccc5c4C3(C)C)=C2O)C(C)(C)c2cc3c(cc21)C(C)(C)C(C=c1c(=O)c(=CC2=[N+](CCC(=O)O)c4ccc5ccccc5c4C2(C)C)c1=O)=[N+]3CC. The number of carboxylic acids is 2. The van der Waals surface area contributed by atoms with E-state index in [0.717, 1.165) is 83.7 Å². The van der Waals surface area contributed by atoms with Crippen LogP contribution < -0.4 is 31.1 Å². The molecular formula is C64H64N4O8+2. The number of likely N-dealkylation sites (N-methyl/N-ethyl adjacent to an activating group) is 1. The predicted molar refractivity (Wildman–Crippen MR) is 302 cm³/mol. The molecule has 12 nitrogen and oxygen atoms in total. The summed E-state index contributed by atoms with van der Waals surface area (Å²) in [5.41, 5.74) is 8.64. The molecule has 1 aliphatic carbocycles. The number of carboxylic acid groups (broad SMARTS) is 2. The summed E-state index contributed by atoms with van der Waals surface area (Å²) in [5, 5.41) is 47.7. The van der Waals surface area contributed by atoms with E-state index in [4.69, 9.17) is 0 Å². The maximum Gasteiger partial charge on any atom is 0.309 e. The monoisotopic (exact) mass is 1020 g/mol. The second-order valence-electron chi connectivity index (χ2n) is 23.0. The zero-order valence-corrected chi connectivity index (χ0v) is 44.8. The molecule has 11 rings (SSSR count). The van der Waals surface area contributed by atoms with Gasteiger partial charge in [-0.25, -0.2) is 0 Å². The van der Waals surface area contributed by atoms with Gasteiger partial charge in [0, 0.05) is 82.1 Å². The Morgan fingerprint density at radius 2 is 1.09 bits per heavy atom. The fourth-order valence-corrected chi connectivity index (χ4v) is 13.3. The lowest BCUT2D eigenvalue weighted by Gasteiger charge is -2.30. The molecule has 0 radical (unpaired) electrons. The number of carbonyl (C=O) groups is 2. The molecule has 0 saturated carbocycles. The van der Waals surface area contributed by atoms with Crippen LogP contribution in [0.5, 0.6) is 0 Å². The maximum atomic E-state index is 14.3. The molecule has 4 aliphatic heterocycles. The zero-order chi connectivity index (χ0) is 54.3. The first-order valence-corrected chi connectivity index (χ1v) is 26.3. The highest BCUT2D eigenvalue weighted by Crippen LogP contribution is 2.55. The van der Waals surface area contributed by atoms with Gasteiger partial charge in [0.25, 0.3) is 0 Å². The molecule has 386 valence electrons. The molecule has 0 atom stereocenters. The third-order valence-electron chi connectivity index (χ3n) is 17.3. The molecule has 0 aromatic heterocycles. The van der Waals surface area contributed by atoms with Crippen molar-refractivity contribution in [3.63, 3.8) is 0 Å². The van der Waals surface area contributed by atoms with Crippen molar-refractivity contribution in [3.05, 3.63) is 184 Å². The number of hydrogen-bond acceptors (Lipinski definition) is 8. The zero-order valence-electron chi connectivity index (χ0n) is 44.8. The predicted octanol–water partition coefficient (Wildman–Crippen LogP) is 9.59. The highest BCUT2D eigenvalue weighted by atomic mass is 16.4. The summed E-state index contributed by atoms with van der Waals surface area (Å²) in [7, 11) is 0. The summed E-state index contributed by atoms with van der Waals surface area (Å²) < 4.78 is 4.14. The van der Waals surface area contributed by atoms with Gasteiger partial charge in [0.15, 0.2) is 18.0 Å². The van der Waals surface area contributed by atoms with Crippen LogP contribution in [0.2, 0.25) is 0 Å². The van der Waals surface area contributed by atoms with Crippen molar-refractivity contribution in [2.75, 3.05) is 36.0 Å². The third-order valence-corrected chi connectivity index (χ3v) is 17.3. The van der Waals surface area contributed by atoms with Gasteiger partial charge in [-0.2, -0.15) is 9.15 Å². The van der Waals surface area contributed by atoms with E-state index in [1.807, 2.05) is 70.1 Å². The lowest BCUT2D eigenvalue weighted by Crippen LogP contribution is -2.65. The molecule has 5 aliphatic rings. The Kier molecular flexibility index (Phi) is 11.3. The van der Waals surface area contributed by atoms with Gasteiger partial charge in [0.2, 0.25) is 22.2 Å². The van der Waals surface area contributed by atoms with Crippen molar-refractivity contribution in [1.29, 1.82) is 0 Å². The number of benzene rings is 5.